The number of benzene rings is 2. The molecule has 2 aromatic carbocycles. The zero-order valence-corrected chi connectivity index (χ0v) is 14.5. The maximum absolute atomic E-state index is 13.2. The Balaban J connectivity index is 1.71. The second-order valence-corrected chi connectivity index (χ2v) is 6.49. The quantitative estimate of drug-likeness (QED) is 0.641. The first-order valence-electron chi connectivity index (χ1n) is 7.92. The van der Waals surface area contributed by atoms with Crippen LogP contribution >= 0.6 is 11.3 Å². The number of rotatable bonds is 7. The van der Waals surface area contributed by atoms with Gasteiger partial charge in [0.15, 0.2) is 12.9 Å². The monoisotopic (exact) mass is 369 g/mol. The van der Waals surface area contributed by atoms with E-state index in [0.29, 0.717) is 17.6 Å². The standard InChI is InChI=1S/C20H16FNO3S/c21-16-9-7-14(8-10-16)20(18-6-3-11-26-18)22-19(24)13-25-17-5-2-1-4-15(17)12-23/h1-12,20H,13H2,(H,22,24)/t20-/m1/s1. The Morgan fingerprint density at radius 2 is 1.88 bits per heavy atom. The van der Waals surface area contributed by atoms with Crippen molar-refractivity contribution in [2.24, 2.45) is 0 Å². The third kappa shape index (κ3) is 4.34. The minimum atomic E-state index is -0.395. The first kappa shape index (κ1) is 17.8. The van der Waals surface area contributed by atoms with E-state index in [4.69, 9.17) is 4.74 Å². The summed E-state index contributed by atoms with van der Waals surface area (Å²) in [5.74, 6) is -0.320. The zero-order valence-electron chi connectivity index (χ0n) is 13.7. The summed E-state index contributed by atoms with van der Waals surface area (Å²) in [7, 11) is 0. The van der Waals surface area contributed by atoms with Gasteiger partial charge in [-0.15, -0.1) is 11.3 Å². The number of hydrogen-bond donors (Lipinski definition) is 1. The number of halogens is 1. The topological polar surface area (TPSA) is 55.4 Å². The van der Waals surface area contributed by atoms with E-state index in [1.54, 1.807) is 36.4 Å². The molecule has 0 unspecified atom stereocenters. The van der Waals surface area contributed by atoms with Gasteiger partial charge >= 0.3 is 0 Å². The number of aldehydes is 1. The molecule has 132 valence electrons. The van der Waals surface area contributed by atoms with Crippen molar-refractivity contribution in [3.05, 3.63) is 87.9 Å². The van der Waals surface area contributed by atoms with Crippen molar-refractivity contribution in [2.75, 3.05) is 6.61 Å². The number of ether oxygens (including phenoxy) is 1. The minimum absolute atomic E-state index is 0.228. The van der Waals surface area contributed by atoms with Crippen molar-refractivity contribution in [2.45, 2.75) is 6.04 Å². The summed E-state index contributed by atoms with van der Waals surface area (Å²) in [6.45, 7) is -0.228. The molecule has 0 saturated heterocycles. The second-order valence-electron chi connectivity index (χ2n) is 5.51. The predicted molar refractivity (Wildman–Crippen MR) is 98.0 cm³/mol. The van der Waals surface area contributed by atoms with E-state index < -0.39 is 6.04 Å². The molecule has 6 heteroatoms. The second kappa shape index (κ2) is 8.40. The zero-order chi connectivity index (χ0) is 18.4. The van der Waals surface area contributed by atoms with Gasteiger partial charge < -0.3 is 10.1 Å². The number of carbonyl (C=O) groups excluding carboxylic acids is 2. The number of carbonyl (C=O) groups is 2. The first-order chi connectivity index (χ1) is 12.7. The maximum Gasteiger partial charge on any atom is 0.258 e. The summed E-state index contributed by atoms with van der Waals surface area (Å²) in [5.41, 5.74) is 1.16. The number of nitrogens with one attached hydrogen (secondary N) is 1. The van der Waals surface area contributed by atoms with Crippen LogP contribution in [0.15, 0.2) is 66.0 Å². The van der Waals surface area contributed by atoms with Gasteiger partial charge in [-0.05, 0) is 41.3 Å². The fraction of sp³-hybridized carbons (Fsp3) is 0.100. The van der Waals surface area contributed by atoms with Crippen LogP contribution in [0.5, 0.6) is 5.75 Å². The maximum atomic E-state index is 13.2. The van der Waals surface area contributed by atoms with Crippen molar-refractivity contribution in [3.8, 4) is 5.75 Å². The Labute approximate surface area is 154 Å². The molecule has 0 spiro atoms. The fourth-order valence-corrected chi connectivity index (χ4v) is 3.29. The number of hydrogen-bond acceptors (Lipinski definition) is 4. The average Bonchev–Trinajstić information content (AvgIpc) is 3.20. The highest BCUT2D eigenvalue weighted by Gasteiger charge is 2.18. The van der Waals surface area contributed by atoms with Crippen LogP contribution in [0, 0.1) is 5.82 Å². The molecule has 1 atom stereocenters. The molecule has 3 rings (SSSR count). The Hall–Kier alpha value is -2.99. The predicted octanol–water partition coefficient (Wildman–Crippen LogP) is 3.98. The highest BCUT2D eigenvalue weighted by molar-refractivity contribution is 7.10. The van der Waals surface area contributed by atoms with Crippen LogP contribution in [0.4, 0.5) is 4.39 Å². The summed E-state index contributed by atoms with van der Waals surface area (Å²) in [5, 5.41) is 4.81. The lowest BCUT2D eigenvalue weighted by molar-refractivity contribution is -0.123. The highest BCUT2D eigenvalue weighted by Crippen LogP contribution is 2.26. The summed E-state index contributed by atoms with van der Waals surface area (Å²) >= 11 is 1.50. The molecular weight excluding hydrogens is 353 g/mol. The van der Waals surface area contributed by atoms with Gasteiger partial charge in [0.25, 0.3) is 5.91 Å². The number of amides is 1. The Morgan fingerprint density at radius 1 is 1.12 bits per heavy atom. The molecule has 1 heterocycles. The van der Waals surface area contributed by atoms with Gasteiger partial charge in [0.2, 0.25) is 0 Å². The molecular formula is C20H16FNO3S. The molecule has 0 radical (unpaired) electrons. The van der Waals surface area contributed by atoms with E-state index >= 15 is 0 Å². The van der Waals surface area contributed by atoms with Crippen molar-refractivity contribution in [1.82, 2.24) is 5.32 Å². The van der Waals surface area contributed by atoms with E-state index in [9.17, 15) is 14.0 Å². The van der Waals surface area contributed by atoms with E-state index in [0.717, 1.165) is 10.4 Å². The number of thiophene rings is 1. The van der Waals surface area contributed by atoms with Crippen LogP contribution < -0.4 is 10.1 Å². The van der Waals surface area contributed by atoms with Crippen molar-refractivity contribution < 1.29 is 18.7 Å². The average molecular weight is 369 g/mol. The minimum Gasteiger partial charge on any atom is -0.483 e. The van der Waals surface area contributed by atoms with Crippen LogP contribution in [0.1, 0.15) is 26.8 Å². The van der Waals surface area contributed by atoms with Gasteiger partial charge in [-0.25, -0.2) is 4.39 Å². The molecule has 26 heavy (non-hydrogen) atoms. The van der Waals surface area contributed by atoms with Crippen LogP contribution in [-0.4, -0.2) is 18.8 Å². The molecule has 0 saturated carbocycles. The highest BCUT2D eigenvalue weighted by atomic mass is 32.1. The lowest BCUT2D eigenvalue weighted by Crippen LogP contribution is -2.33. The summed E-state index contributed by atoms with van der Waals surface area (Å²) < 4.78 is 18.7. The summed E-state index contributed by atoms with van der Waals surface area (Å²) in [6.07, 6.45) is 0.681. The molecule has 3 aromatic rings. The summed E-state index contributed by atoms with van der Waals surface area (Å²) in [4.78, 5) is 24.3. The fourth-order valence-electron chi connectivity index (χ4n) is 2.48. The molecule has 1 N–H and O–H groups in total. The Morgan fingerprint density at radius 3 is 2.58 bits per heavy atom. The molecule has 1 aromatic heterocycles. The Kier molecular flexibility index (Phi) is 5.76. The third-order valence-electron chi connectivity index (χ3n) is 3.74. The van der Waals surface area contributed by atoms with Crippen LogP contribution in [0.2, 0.25) is 0 Å². The van der Waals surface area contributed by atoms with E-state index in [1.807, 2.05) is 17.5 Å². The van der Waals surface area contributed by atoms with Crippen molar-refractivity contribution >= 4 is 23.5 Å². The van der Waals surface area contributed by atoms with Gasteiger partial charge in [-0.2, -0.15) is 0 Å². The molecule has 0 bridgehead atoms. The van der Waals surface area contributed by atoms with Crippen molar-refractivity contribution in [3.63, 3.8) is 0 Å². The smallest absolute Gasteiger partial charge is 0.258 e. The summed E-state index contributed by atoms with van der Waals surface area (Å²) in [6, 6.07) is 16.1. The van der Waals surface area contributed by atoms with Gasteiger partial charge in [-0.3, -0.25) is 9.59 Å². The number of para-hydroxylation sites is 1. The first-order valence-corrected chi connectivity index (χ1v) is 8.80. The molecule has 0 fully saturated rings. The largest absolute Gasteiger partial charge is 0.483 e. The molecule has 0 aliphatic carbocycles. The lowest BCUT2D eigenvalue weighted by atomic mass is 10.1. The van der Waals surface area contributed by atoms with Gasteiger partial charge in [0.1, 0.15) is 11.6 Å². The van der Waals surface area contributed by atoms with Crippen LogP contribution in [0.25, 0.3) is 0 Å². The van der Waals surface area contributed by atoms with Gasteiger partial charge in [-0.1, -0.05) is 30.3 Å². The van der Waals surface area contributed by atoms with E-state index in [-0.39, 0.29) is 18.3 Å². The van der Waals surface area contributed by atoms with Crippen LogP contribution in [0.3, 0.4) is 0 Å². The third-order valence-corrected chi connectivity index (χ3v) is 4.68. The molecule has 0 aliphatic rings. The lowest BCUT2D eigenvalue weighted by Gasteiger charge is -2.18. The van der Waals surface area contributed by atoms with Crippen molar-refractivity contribution in [1.29, 1.82) is 0 Å². The van der Waals surface area contributed by atoms with Gasteiger partial charge in [0, 0.05) is 4.88 Å². The SMILES string of the molecule is O=Cc1ccccc1OCC(=O)N[C@H](c1ccc(F)cc1)c1cccs1. The normalized spacial score (nSPS) is 11.6. The molecule has 0 aliphatic heterocycles. The van der Waals surface area contributed by atoms with Gasteiger partial charge in [0.05, 0.1) is 11.6 Å². The van der Waals surface area contributed by atoms with E-state index in [2.05, 4.69) is 5.32 Å². The van der Waals surface area contributed by atoms with E-state index in [1.165, 1.54) is 23.5 Å². The molecule has 1 amide bonds. The Bertz CT molecular complexity index is 878. The molecule has 4 nitrogen and oxygen atoms in total. The van der Waals surface area contributed by atoms with Crippen LogP contribution in [-0.2, 0) is 4.79 Å².